The lowest BCUT2D eigenvalue weighted by Crippen LogP contribution is -2.14. The molecule has 0 bridgehead atoms. The number of amides is 1. The molecular weight excluding hydrogens is 379 g/mol. The van der Waals surface area contributed by atoms with E-state index >= 15 is 0 Å². The van der Waals surface area contributed by atoms with E-state index in [-0.39, 0.29) is 17.2 Å². The molecule has 2 rings (SSSR count). The van der Waals surface area contributed by atoms with Crippen LogP contribution in [-0.4, -0.2) is 5.91 Å². The second-order valence-electron chi connectivity index (χ2n) is 3.81. The molecule has 0 spiro atoms. The standard InChI is InChI=1S/C13H9Br2FN2O/c14-7-1-4-12(10(15)5-7)18-13(19)9-3-2-8(16)6-11(9)17/h1-6H,17H2,(H,18,19). The van der Waals surface area contributed by atoms with Crippen molar-refractivity contribution >= 4 is 49.1 Å². The molecule has 1 amide bonds. The topological polar surface area (TPSA) is 55.1 Å². The molecule has 0 unspecified atom stereocenters. The van der Waals surface area contributed by atoms with Gasteiger partial charge in [0.1, 0.15) is 5.82 Å². The predicted molar refractivity (Wildman–Crippen MR) is 80.6 cm³/mol. The van der Waals surface area contributed by atoms with E-state index in [4.69, 9.17) is 5.73 Å². The van der Waals surface area contributed by atoms with Gasteiger partial charge < -0.3 is 11.1 Å². The number of nitrogen functional groups attached to an aromatic ring is 1. The summed E-state index contributed by atoms with van der Waals surface area (Å²) in [5, 5.41) is 2.70. The van der Waals surface area contributed by atoms with Crippen LogP contribution in [0.5, 0.6) is 0 Å². The van der Waals surface area contributed by atoms with Crippen LogP contribution in [0.2, 0.25) is 0 Å². The Kier molecular flexibility index (Phi) is 4.21. The maximum absolute atomic E-state index is 12.9. The number of halogens is 3. The summed E-state index contributed by atoms with van der Waals surface area (Å²) in [6, 6.07) is 9.02. The maximum Gasteiger partial charge on any atom is 0.257 e. The largest absolute Gasteiger partial charge is 0.398 e. The van der Waals surface area contributed by atoms with Crippen molar-refractivity contribution in [3.63, 3.8) is 0 Å². The third-order valence-corrected chi connectivity index (χ3v) is 3.59. The van der Waals surface area contributed by atoms with Crippen LogP contribution in [0.3, 0.4) is 0 Å². The highest BCUT2D eigenvalue weighted by Gasteiger charge is 2.12. The Morgan fingerprint density at radius 3 is 2.53 bits per heavy atom. The molecule has 2 aromatic rings. The minimum Gasteiger partial charge on any atom is -0.398 e. The van der Waals surface area contributed by atoms with Crippen molar-refractivity contribution in [1.29, 1.82) is 0 Å². The second-order valence-corrected chi connectivity index (χ2v) is 5.58. The van der Waals surface area contributed by atoms with Gasteiger partial charge in [-0.05, 0) is 52.3 Å². The Bertz CT molecular complexity index is 647. The van der Waals surface area contributed by atoms with Crippen molar-refractivity contribution in [2.45, 2.75) is 0 Å². The lowest BCUT2D eigenvalue weighted by Gasteiger charge is -2.09. The zero-order valence-corrected chi connectivity index (χ0v) is 12.8. The van der Waals surface area contributed by atoms with Gasteiger partial charge in [0.2, 0.25) is 0 Å². The Hall–Kier alpha value is -1.40. The van der Waals surface area contributed by atoms with E-state index < -0.39 is 5.82 Å². The van der Waals surface area contributed by atoms with Crippen molar-refractivity contribution in [2.24, 2.45) is 0 Å². The number of nitrogens with two attached hydrogens (primary N) is 1. The zero-order valence-electron chi connectivity index (χ0n) is 9.58. The quantitative estimate of drug-likeness (QED) is 0.759. The van der Waals surface area contributed by atoms with E-state index in [0.29, 0.717) is 5.69 Å². The van der Waals surface area contributed by atoms with E-state index in [1.54, 1.807) is 12.1 Å². The van der Waals surface area contributed by atoms with Gasteiger partial charge in [0.25, 0.3) is 5.91 Å². The van der Waals surface area contributed by atoms with Crippen LogP contribution in [0, 0.1) is 5.82 Å². The summed E-state index contributed by atoms with van der Waals surface area (Å²) in [5.74, 6) is -0.862. The summed E-state index contributed by atoms with van der Waals surface area (Å²) in [7, 11) is 0. The van der Waals surface area contributed by atoms with Crippen LogP contribution in [-0.2, 0) is 0 Å². The van der Waals surface area contributed by atoms with Crippen LogP contribution in [0.15, 0.2) is 45.3 Å². The molecule has 0 radical (unpaired) electrons. The minimum atomic E-state index is -0.473. The predicted octanol–water partition coefficient (Wildman–Crippen LogP) is 4.19. The molecule has 2 aromatic carbocycles. The first-order valence-electron chi connectivity index (χ1n) is 5.29. The van der Waals surface area contributed by atoms with Crippen molar-refractivity contribution in [3.8, 4) is 0 Å². The third-order valence-electron chi connectivity index (χ3n) is 2.44. The van der Waals surface area contributed by atoms with Gasteiger partial charge in [-0.25, -0.2) is 4.39 Å². The van der Waals surface area contributed by atoms with Crippen molar-refractivity contribution < 1.29 is 9.18 Å². The molecule has 19 heavy (non-hydrogen) atoms. The minimum absolute atomic E-state index is 0.103. The third kappa shape index (κ3) is 3.33. The highest BCUT2D eigenvalue weighted by molar-refractivity contribution is 9.11. The highest BCUT2D eigenvalue weighted by Crippen LogP contribution is 2.27. The summed E-state index contributed by atoms with van der Waals surface area (Å²) in [5.41, 5.74) is 6.56. The highest BCUT2D eigenvalue weighted by atomic mass is 79.9. The average molecular weight is 388 g/mol. The molecule has 0 aliphatic heterocycles. The molecule has 3 N–H and O–H groups in total. The number of nitrogens with one attached hydrogen (secondary N) is 1. The Morgan fingerprint density at radius 1 is 1.16 bits per heavy atom. The average Bonchev–Trinajstić information content (AvgIpc) is 2.32. The van der Waals surface area contributed by atoms with Gasteiger partial charge in [-0.1, -0.05) is 15.9 Å². The molecule has 0 aliphatic carbocycles. The molecule has 0 fully saturated rings. The first-order valence-corrected chi connectivity index (χ1v) is 6.87. The molecule has 0 saturated carbocycles. The van der Waals surface area contributed by atoms with Gasteiger partial charge >= 0.3 is 0 Å². The number of carbonyl (C=O) groups excluding carboxylic acids is 1. The van der Waals surface area contributed by atoms with Gasteiger partial charge in [0.15, 0.2) is 0 Å². The van der Waals surface area contributed by atoms with Crippen LogP contribution in [0.1, 0.15) is 10.4 Å². The molecule has 0 aliphatic rings. The number of rotatable bonds is 2. The summed E-state index contributed by atoms with van der Waals surface area (Å²) in [4.78, 5) is 12.0. The summed E-state index contributed by atoms with van der Waals surface area (Å²) >= 11 is 6.66. The number of hydrogen-bond acceptors (Lipinski definition) is 2. The smallest absolute Gasteiger partial charge is 0.257 e. The number of hydrogen-bond donors (Lipinski definition) is 2. The number of anilines is 2. The van der Waals surface area contributed by atoms with E-state index in [0.717, 1.165) is 15.0 Å². The van der Waals surface area contributed by atoms with Gasteiger partial charge in [0, 0.05) is 14.6 Å². The van der Waals surface area contributed by atoms with Crippen molar-refractivity contribution in [1.82, 2.24) is 0 Å². The molecule has 0 aromatic heterocycles. The van der Waals surface area contributed by atoms with Gasteiger partial charge in [-0.3, -0.25) is 4.79 Å². The van der Waals surface area contributed by atoms with Crippen LogP contribution in [0.4, 0.5) is 15.8 Å². The van der Waals surface area contributed by atoms with E-state index in [1.165, 1.54) is 12.1 Å². The van der Waals surface area contributed by atoms with Crippen LogP contribution < -0.4 is 11.1 Å². The normalized spacial score (nSPS) is 10.3. The molecule has 0 heterocycles. The maximum atomic E-state index is 12.9. The fourth-order valence-corrected chi connectivity index (χ4v) is 2.67. The van der Waals surface area contributed by atoms with Gasteiger partial charge in [-0.2, -0.15) is 0 Å². The van der Waals surface area contributed by atoms with E-state index in [9.17, 15) is 9.18 Å². The number of carbonyl (C=O) groups is 1. The van der Waals surface area contributed by atoms with Crippen LogP contribution >= 0.6 is 31.9 Å². The SMILES string of the molecule is Nc1cc(F)ccc1C(=O)Nc1ccc(Br)cc1Br. The fraction of sp³-hybridized carbons (Fsp3) is 0. The molecule has 3 nitrogen and oxygen atoms in total. The van der Waals surface area contributed by atoms with Crippen molar-refractivity contribution in [3.05, 3.63) is 56.7 Å². The molecular formula is C13H9Br2FN2O. The molecule has 0 atom stereocenters. The van der Waals surface area contributed by atoms with E-state index in [1.807, 2.05) is 6.07 Å². The van der Waals surface area contributed by atoms with E-state index in [2.05, 4.69) is 37.2 Å². The second kappa shape index (κ2) is 5.71. The lowest BCUT2D eigenvalue weighted by molar-refractivity contribution is 0.102. The first kappa shape index (κ1) is 14.0. The fourth-order valence-electron chi connectivity index (χ4n) is 1.52. The van der Waals surface area contributed by atoms with Gasteiger partial charge in [-0.15, -0.1) is 0 Å². The molecule has 6 heteroatoms. The molecule has 0 saturated heterocycles. The number of benzene rings is 2. The first-order chi connectivity index (χ1) is 8.97. The summed E-state index contributed by atoms with van der Waals surface area (Å²) in [6.07, 6.45) is 0. The summed E-state index contributed by atoms with van der Waals surface area (Å²) < 4.78 is 14.5. The molecule has 98 valence electrons. The van der Waals surface area contributed by atoms with Gasteiger partial charge in [0.05, 0.1) is 11.3 Å². The Balaban J connectivity index is 2.25. The zero-order chi connectivity index (χ0) is 14.0. The van der Waals surface area contributed by atoms with Crippen LogP contribution in [0.25, 0.3) is 0 Å². The van der Waals surface area contributed by atoms with Crippen molar-refractivity contribution in [2.75, 3.05) is 11.1 Å². The Labute approximate surface area is 126 Å². The summed E-state index contributed by atoms with van der Waals surface area (Å²) in [6.45, 7) is 0. The lowest BCUT2D eigenvalue weighted by atomic mass is 10.1. The monoisotopic (exact) mass is 386 g/mol. The Morgan fingerprint density at radius 2 is 1.89 bits per heavy atom.